The van der Waals surface area contributed by atoms with Crippen LogP contribution in [0.15, 0.2) is 18.2 Å². The molecule has 2 fully saturated rings. The zero-order valence-corrected chi connectivity index (χ0v) is 11.5. The van der Waals surface area contributed by atoms with Crippen LogP contribution in [-0.2, 0) is 19.8 Å². The predicted octanol–water partition coefficient (Wildman–Crippen LogP) is -0.239. The van der Waals surface area contributed by atoms with Crippen molar-refractivity contribution in [3.05, 3.63) is 23.8 Å². The van der Waals surface area contributed by atoms with E-state index in [1.165, 1.54) is 12.1 Å². The molecule has 1 aromatic rings. The molecule has 8 nitrogen and oxygen atoms in total. The van der Waals surface area contributed by atoms with Crippen LogP contribution in [0, 0.1) is 5.92 Å². The zero-order chi connectivity index (χ0) is 15.4. The predicted molar refractivity (Wildman–Crippen MR) is 71.0 cm³/mol. The van der Waals surface area contributed by atoms with E-state index >= 15 is 0 Å². The van der Waals surface area contributed by atoms with Gasteiger partial charge in [0.25, 0.3) is 5.91 Å². The van der Waals surface area contributed by atoms with Crippen LogP contribution < -0.4 is 9.03 Å². The summed E-state index contributed by atoms with van der Waals surface area (Å²) in [7, 11) is -3.97. The molecule has 2 aliphatic rings. The highest BCUT2D eigenvalue weighted by atomic mass is 32.2. The molecule has 3 rings (SSSR count). The van der Waals surface area contributed by atoms with E-state index in [2.05, 4.69) is 0 Å². The van der Waals surface area contributed by atoms with Crippen LogP contribution in [0.3, 0.4) is 0 Å². The number of benzene rings is 1. The molecule has 1 aliphatic carbocycles. The third kappa shape index (κ3) is 2.29. The third-order valence-electron chi connectivity index (χ3n) is 3.62. The minimum absolute atomic E-state index is 0.00961. The van der Waals surface area contributed by atoms with E-state index in [1.54, 1.807) is 6.07 Å². The third-order valence-corrected chi connectivity index (χ3v) is 5.02. The normalized spacial score (nSPS) is 26.5. The van der Waals surface area contributed by atoms with Gasteiger partial charge in [0.15, 0.2) is 0 Å². The van der Waals surface area contributed by atoms with Gasteiger partial charge in [-0.15, -0.1) is 0 Å². The smallest absolute Gasteiger partial charge is 0.326 e. The Balaban J connectivity index is 1.89. The van der Waals surface area contributed by atoms with Crippen molar-refractivity contribution < 1.29 is 28.2 Å². The summed E-state index contributed by atoms with van der Waals surface area (Å²) in [5.41, 5.74) is 0.629. The van der Waals surface area contributed by atoms with Gasteiger partial charge in [-0.25, -0.2) is 9.03 Å². The molecule has 1 amide bonds. The minimum atomic E-state index is -3.97. The van der Waals surface area contributed by atoms with Gasteiger partial charge in [0.2, 0.25) is 0 Å². The molecule has 1 saturated heterocycles. The number of aliphatic carboxylic acids is 1. The Kier molecular flexibility index (Phi) is 2.84. The molecular weight excluding hydrogens is 300 g/mol. The Morgan fingerprint density at radius 2 is 2.10 bits per heavy atom. The fraction of sp³-hybridized carbons (Fsp3) is 0.333. The number of hydrogen-bond acceptors (Lipinski definition) is 5. The average Bonchev–Trinajstić information content (AvgIpc) is 3.11. The van der Waals surface area contributed by atoms with Gasteiger partial charge in [-0.1, -0.05) is 6.07 Å². The quantitative estimate of drug-likeness (QED) is 0.707. The summed E-state index contributed by atoms with van der Waals surface area (Å²) in [6.45, 7) is -0.392. The maximum atomic E-state index is 11.7. The fourth-order valence-corrected chi connectivity index (χ4v) is 3.64. The first-order valence-electron chi connectivity index (χ1n) is 6.18. The molecule has 0 spiro atoms. The number of carboxylic acids is 1. The maximum absolute atomic E-state index is 11.7. The van der Waals surface area contributed by atoms with E-state index in [0.717, 1.165) is 4.31 Å². The Morgan fingerprint density at radius 1 is 1.38 bits per heavy atom. The van der Waals surface area contributed by atoms with Crippen LogP contribution in [0.25, 0.3) is 0 Å². The van der Waals surface area contributed by atoms with Gasteiger partial charge in [-0.05, 0) is 30.0 Å². The molecule has 1 aromatic carbocycles. The van der Waals surface area contributed by atoms with Crippen LogP contribution >= 0.6 is 0 Å². The number of phenolic OH excluding ortho intramolecular Hbond substituents is 1. The van der Waals surface area contributed by atoms with E-state index in [4.69, 9.17) is 5.11 Å². The molecular formula is C12H12N2O6S. The zero-order valence-electron chi connectivity index (χ0n) is 10.7. The maximum Gasteiger partial charge on any atom is 0.326 e. The summed E-state index contributed by atoms with van der Waals surface area (Å²) < 4.78 is 26.0. The lowest BCUT2D eigenvalue weighted by Crippen LogP contribution is -2.29. The van der Waals surface area contributed by atoms with E-state index in [0.29, 0.717) is 12.0 Å². The van der Waals surface area contributed by atoms with Crippen LogP contribution in [-0.4, -0.2) is 37.1 Å². The van der Waals surface area contributed by atoms with Crippen molar-refractivity contribution in [1.29, 1.82) is 0 Å². The summed E-state index contributed by atoms with van der Waals surface area (Å²) in [5.74, 6) is -2.50. The highest BCUT2D eigenvalue weighted by molar-refractivity contribution is 7.92. The molecule has 1 saturated carbocycles. The highest BCUT2D eigenvalue weighted by Crippen LogP contribution is 2.49. The van der Waals surface area contributed by atoms with Crippen molar-refractivity contribution in [2.24, 2.45) is 5.92 Å². The molecule has 9 heteroatoms. The average molecular weight is 312 g/mol. The monoisotopic (exact) mass is 312 g/mol. The lowest BCUT2D eigenvalue weighted by atomic mass is 10.1. The van der Waals surface area contributed by atoms with Crippen LogP contribution in [0.5, 0.6) is 5.75 Å². The first kappa shape index (κ1) is 13.7. The van der Waals surface area contributed by atoms with E-state index in [9.17, 15) is 23.1 Å². The van der Waals surface area contributed by atoms with Crippen LogP contribution in [0.2, 0.25) is 0 Å². The fourth-order valence-electron chi connectivity index (χ4n) is 2.48. The van der Waals surface area contributed by atoms with Gasteiger partial charge < -0.3 is 10.2 Å². The number of hydrogen-bond donors (Lipinski definition) is 3. The number of aromatic hydroxyl groups is 1. The van der Waals surface area contributed by atoms with E-state index in [1.807, 2.05) is 4.72 Å². The number of carboxylic acid groups (broad SMARTS) is 1. The Morgan fingerprint density at radius 3 is 2.57 bits per heavy atom. The van der Waals surface area contributed by atoms with Crippen LogP contribution in [0.1, 0.15) is 17.9 Å². The summed E-state index contributed by atoms with van der Waals surface area (Å²) in [6.07, 6.45) is 0.496. The minimum Gasteiger partial charge on any atom is -0.506 e. The number of anilines is 1. The molecule has 0 aromatic heterocycles. The second-order valence-corrected chi connectivity index (χ2v) is 6.67. The summed E-state index contributed by atoms with van der Waals surface area (Å²) in [5, 5.41) is 18.9. The number of phenols is 1. The van der Waals surface area contributed by atoms with Gasteiger partial charge in [0, 0.05) is 0 Å². The summed E-state index contributed by atoms with van der Waals surface area (Å²) >= 11 is 0. The molecule has 1 aliphatic heterocycles. The van der Waals surface area contributed by atoms with Crippen LogP contribution in [0.4, 0.5) is 5.69 Å². The largest absolute Gasteiger partial charge is 0.506 e. The Hall–Kier alpha value is -2.29. The number of nitrogens with one attached hydrogen (secondary N) is 1. The van der Waals surface area contributed by atoms with Gasteiger partial charge in [0.05, 0.1) is 11.6 Å². The first-order valence-corrected chi connectivity index (χ1v) is 7.62. The Bertz CT molecular complexity index is 744. The number of carbonyl (C=O) groups is 2. The summed E-state index contributed by atoms with van der Waals surface area (Å²) in [6, 6.07) is 4.29. The number of carbonyl (C=O) groups excluding carboxylic acids is 1. The molecule has 21 heavy (non-hydrogen) atoms. The van der Waals surface area contributed by atoms with Crippen molar-refractivity contribution >= 4 is 27.8 Å². The standard InChI is InChI=1S/C12H12N2O6S/c15-10-3-6(7-4-8(7)12(17)18)1-2-9(10)14-5-11(16)13-21(14,19)20/h1-3,7-8,15H,4-5H2,(H,13,16)(H,17,18). The number of rotatable bonds is 3. The SMILES string of the molecule is O=C1CN(c2ccc(C3CC3C(=O)O)cc2O)S(=O)(=O)N1. The van der Waals surface area contributed by atoms with Crippen molar-refractivity contribution in [2.45, 2.75) is 12.3 Å². The van der Waals surface area contributed by atoms with Crippen molar-refractivity contribution in [3.63, 3.8) is 0 Å². The second-order valence-electron chi connectivity index (χ2n) is 5.07. The molecule has 0 radical (unpaired) electrons. The van der Waals surface area contributed by atoms with Gasteiger partial charge in [-0.2, -0.15) is 8.42 Å². The van der Waals surface area contributed by atoms with Gasteiger partial charge in [-0.3, -0.25) is 9.59 Å². The van der Waals surface area contributed by atoms with Crippen molar-refractivity contribution in [2.75, 3.05) is 10.8 Å². The number of nitrogens with zero attached hydrogens (tertiary/aromatic N) is 1. The van der Waals surface area contributed by atoms with E-state index < -0.39 is 34.5 Å². The molecule has 0 bridgehead atoms. The van der Waals surface area contributed by atoms with Crippen molar-refractivity contribution in [3.8, 4) is 5.75 Å². The lowest BCUT2D eigenvalue weighted by molar-refractivity contribution is -0.138. The molecule has 2 unspecified atom stereocenters. The first-order chi connectivity index (χ1) is 9.79. The highest BCUT2D eigenvalue weighted by Gasteiger charge is 2.44. The second kappa shape index (κ2) is 4.35. The summed E-state index contributed by atoms with van der Waals surface area (Å²) in [4.78, 5) is 22.0. The van der Waals surface area contributed by atoms with Gasteiger partial charge in [0.1, 0.15) is 12.3 Å². The lowest BCUT2D eigenvalue weighted by Gasteiger charge is -2.16. The molecule has 3 N–H and O–H groups in total. The molecule has 1 heterocycles. The topological polar surface area (TPSA) is 124 Å². The van der Waals surface area contributed by atoms with Gasteiger partial charge >= 0.3 is 16.2 Å². The van der Waals surface area contributed by atoms with E-state index in [-0.39, 0.29) is 17.4 Å². The molecule has 112 valence electrons. The Labute approximate surface area is 120 Å². The van der Waals surface area contributed by atoms with Crippen molar-refractivity contribution in [1.82, 2.24) is 4.72 Å². The number of amides is 1. The molecule has 2 atom stereocenters.